The highest BCUT2D eigenvalue weighted by Gasteiger charge is 2.27. The molecule has 7 heteroatoms. The number of ether oxygens (including phenoxy) is 2. The molecular weight excluding hydrogens is 322 g/mol. The van der Waals surface area contributed by atoms with Crippen LogP contribution in [0.25, 0.3) is 10.9 Å². The van der Waals surface area contributed by atoms with Crippen molar-refractivity contribution in [3.63, 3.8) is 0 Å². The van der Waals surface area contributed by atoms with Crippen molar-refractivity contribution in [3.05, 3.63) is 28.8 Å². The van der Waals surface area contributed by atoms with Crippen molar-refractivity contribution in [2.24, 2.45) is 0 Å². The molecule has 1 aromatic heterocycles. The molecule has 0 spiro atoms. The Bertz CT molecular complexity index is 825. The number of carbonyl (C=O) groups excluding carboxylic acids is 1. The number of aromatic nitrogens is 2. The van der Waals surface area contributed by atoms with Crippen molar-refractivity contribution in [3.8, 4) is 11.5 Å². The van der Waals surface area contributed by atoms with Crippen molar-refractivity contribution >= 4 is 16.8 Å². The number of rotatable bonds is 4. The van der Waals surface area contributed by atoms with Gasteiger partial charge in [0.1, 0.15) is 0 Å². The third kappa shape index (κ3) is 3.60. The molecule has 1 aromatic carbocycles. The third-order valence-electron chi connectivity index (χ3n) is 4.91. The summed E-state index contributed by atoms with van der Waals surface area (Å²) in [6, 6.07) is 3.67. The molecule has 0 bridgehead atoms. The van der Waals surface area contributed by atoms with Crippen LogP contribution in [0.4, 0.5) is 0 Å². The van der Waals surface area contributed by atoms with E-state index in [1.54, 1.807) is 31.1 Å². The van der Waals surface area contributed by atoms with Crippen LogP contribution in [-0.4, -0.2) is 47.1 Å². The van der Waals surface area contributed by atoms with E-state index in [1.807, 2.05) is 7.05 Å². The van der Waals surface area contributed by atoms with E-state index in [4.69, 9.17) is 9.47 Å². The van der Waals surface area contributed by atoms with Crippen molar-refractivity contribution in [2.45, 2.75) is 44.8 Å². The molecule has 1 saturated carbocycles. The van der Waals surface area contributed by atoms with Crippen LogP contribution in [0.1, 0.15) is 32.6 Å². The van der Waals surface area contributed by atoms with Crippen LogP contribution in [0.2, 0.25) is 0 Å². The molecule has 1 aliphatic rings. The van der Waals surface area contributed by atoms with Crippen molar-refractivity contribution < 1.29 is 14.3 Å². The van der Waals surface area contributed by atoms with E-state index in [9.17, 15) is 9.59 Å². The fourth-order valence-electron chi connectivity index (χ4n) is 3.31. The van der Waals surface area contributed by atoms with Gasteiger partial charge in [0.25, 0.3) is 5.56 Å². The highest BCUT2D eigenvalue weighted by Crippen LogP contribution is 2.34. The average molecular weight is 345 g/mol. The minimum atomic E-state index is -0.204. The van der Waals surface area contributed by atoms with Crippen LogP contribution in [0.3, 0.4) is 0 Å². The Labute approximate surface area is 146 Å². The zero-order chi connectivity index (χ0) is 18.0. The first-order chi connectivity index (χ1) is 12.0. The predicted octanol–water partition coefficient (Wildman–Crippen LogP) is 2.10. The molecule has 1 aliphatic carbocycles. The normalized spacial score (nSPS) is 20.3. The summed E-state index contributed by atoms with van der Waals surface area (Å²) in [6.45, 7) is 1.59. The van der Waals surface area contributed by atoms with Crippen LogP contribution < -0.4 is 15.0 Å². The molecule has 0 aliphatic heterocycles. The molecule has 2 aromatic rings. The quantitative estimate of drug-likeness (QED) is 0.917. The summed E-state index contributed by atoms with van der Waals surface area (Å²) < 4.78 is 11.5. The second-order valence-electron chi connectivity index (χ2n) is 6.43. The molecule has 134 valence electrons. The summed E-state index contributed by atoms with van der Waals surface area (Å²) in [7, 11) is 3.42. The van der Waals surface area contributed by atoms with Gasteiger partial charge in [0.2, 0.25) is 5.91 Å². The van der Waals surface area contributed by atoms with Gasteiger partial charge >= 0.3 is 0 Å². The van der Waals surface area contributed by atoms with Gasteiger partial charge in [-0.15, -0.1) is 0 Å². The second-order valence-corrected chi connectivity index (χ2v) is 6.43. The first-order valence-electron chi connectivity index (χ1n) is 8.45. The number of aromatic amines is 1. The standard InChI is InChI=1S/C18H23N3O4/c1-11(22)21(2)12-4-6-13(7-5-12)25-17-8-14-15(9-16(17)24-3)19-10-20-18(14)23/h8-10,12-13H,4-7H2,1-3H3,(H,19,20,23). The molecule has 0 saturated heterocycles. The molecule has 1 heterocycles. The highest BCUT2D eigenvalue weighted by atomic mass is 16.5. The Morgan fingerprint density at radius 3 is 2.60 bits per heavy atom. The fourth-order valence-corrected chi connectivity index (χ4v) is 3.31. The van der Waals surface area contributed by atoms with Gasteiger partial charge in [-0.25, -0.2) is 4.98 Å². The lowest BCUT2D eigenvalue weighted by Gasteiger charge is -2.34. The number of amides is 1. The number of benzene rings is 1. The maximum atomic E-state index is 12.0. The summed E-state index contributed by atoms with van der Waals surface area (Å²) in [5.74, 6) is 1.21. The Morgan fingerprint density at radius 2 is 1.96 bits per heavy atom. The summed E-state index contributed by atoms with van der Waals surface area (Å²) >= 11 is 0. The number of nitrogens with one attached hydrogen (secondary N) is 1. The number of methoxy groups -OCH3 is 1. The lowest BCUT2D eigenvalue weighted by molar-refractivity contribution is -0.130. The van der Waals surface area contributed by atoms with Gasteiger partial charge in [-0.05, 0) is 31.7 Å². The van der Waals surface area contributed by atoms with Crippen molar-refractivity contribution in [1.82, 2.24) is 14.9 Å². The lowest BCUT2D eigenvalue weighted by Crippen LogP contribution is -2.40. The minimum Gasteiger partial charge on any atom is -0.493 e. The van der Waals surface area contributed by atoms with Gasteiger partial charge in [0.15, 0.2) is 11.5 Å². The molecule has 0 radical (unpaired) electrons. The van der Waals surface area contributed by atoms with Gasteiger partial charge in [-0.1, -0.05) is 0 Å². The van der Waals surface area contributed by atoms with E-state index in [0.29, 0.717) is 22.4 Å². The summed E-state index contributed by atoms with van der Waals surface area (Å²) in [5, 5.41) is 0.475. The predicted molar refractivity (Wildman–Crippen MR) is 94.0 cm³/mol. The summed E-state index contributed by atoms with van der Waals surface area (Å²) in [6.07, 6.45) is 4.92. The van der Waals surface area contributed by atoms with Gasteiger partial charge in [-0.3, -0.25) is 9.59 Å². The fraction of sp³-hybridized carbons (Fsp3) is 0.500. The Balaban J connectivity index is 1.76. The van der Waals surface area contributed by atoms with E-state index in [-0.39, 0.29) is 23.6 Å². The highest BCUT2D eigenvalue weighted by molar-refractivity contribution is 5.81. The molecule has 0 atom stereocenters. The van der Waals surface area contributed by atoms with Gasteiger partial charge in [0.05, 0.1) is 30.4 Å². The van der Waals surface area contributed by atoms with Crippen LogP contribution >= 0.6 is 0 Å². The molecular formula is C18H23N3O4. The second kappa shape index (κ2) is 7.13. The Hall–Kier alpha value is -2.57. The van der Waals surface area contributed by atoms with E-state index in [2.05, 4.69) is 9.97 Å². The SMILES string of the molecule is COc1cc2nc[nH]c(=O)c2cc1OC1CCC(N(C)C(C)=O)CC1. The first kappa shape index (κ1) is 17.3. The monoisotopic (exact) mass is 345 g/mol. The molecule has 25 heavy (non-hydrogen) atoms. The summed E-state index contributed by atoms with van der Waals surface area (Å²) in [4.78, 5) is 32.0. The first-order valence-corrected chi connectivity index (χ1v) is 8.45. The maximum absolute atomic E-state index is 12.0. The molecule has 0 unspecified atom stereocenters. The topological polar surface area (TPSA) is 84.5 Å². The van der Waals surface area contributed by atoms with Crippen molar-refractivity contribution in [1.29, 1.82) is 0 Å². The van der Waals surface area contributed by atoms with Crippen LogP contribution in [0.5, 0.6) is 11.5 Å². The van der Waals surface area contributed by atoms with Gasteiger partial charge in [-0.2, -0.15) is 0 Å². The largest absolute Gasteiger partial charge is 0.493 e. The Morgan fingerprint density at radius 1 is 1.24 bits per heavy atom. The molecule has 3 rings (SSSR count). The summed E-state index contributed by atoms with van der Waals surface area (Å²) in [5.41, 5.74) is 0.365. The number of carbonyl (C=O) groups is 1. The van der Waals surface area contributed by atoms with E-state index in [0.717, 1.165) is 25.7 Å². The van der Waals surface area contributed by atoms with Crippen LogP contribution in [-0.2, 0) is 4.79 Å². The number of fused-ring (bicyclic) bond motifs is 1. The molecule has 1 N–H and O–H groups in total. The molecule has 1 fully saturated rings. The number of hydrogen-bond acceptors (Lipinski definition) is 5. The zero-order valence-electron chi connectivity index (χ0n) is 14.7. The Kier molecular flexibility index (Phi) is 4.92. The van der Waals surface area contributed by atoms with E-state index in [1.165, 1.54) is 6.33 Å². The molecule has 7 nitrogen and oxygen atoms in total. The maximum Gasteiger partial charge on any atom is 0.258 e. The van der Waals surface area contributed by atoms with Crippen molar-refractivity contribution in [2.75, 3.05) is 14.2 Å². The number of nitrogens with zero attached hydrogens (tertiary/aromatic N) is 2. The van der Waals surface area contributed by atoms with E-state index >= 15 is 0 Å². The smallest absolute Gasteiger partial charge is 0.258 e. The van der Waals surface area contributed by atoms with Gasteiger partial charge < -0.3 is 19.4 Å². The van der Waals surface area contributed by atoms with Crippen LogP contribution in [0, 0.1) is 0 Å². The van der Waals surface area contributed by atoms with Crippen LogP contribution in [0.15, 0.2) is 23.3 Å². The van der Waals surface area contributed by atoms with E-state index < -0.39 is 0 Å². The number of H-pyrrole nitrogens is 1. The molecule has 1 amide bonds. The zero-order valence-corrected chi connectivity index (χ0v) is 14.7. The van der Waals surface area contributed by atoms with Gasteiger partial charge in [0, 0.05) is 26.1 Å². The lowest BCUT2D eigenvalue weighted by atomic mass is 9.92. The number of hydrogen-bond donors (Lipinski definition) is 1. The third-order valence-corrected chi connectivity index (χ3v) is 4.91. The average Bonchev–Trinajstić information content (AvgIpc) is 2.62. The minimum absolute atomic E-state index is 0.0405.